The van der Waals surface area contributed by atoms with Crippen molar-refractivity contribution in [2.24, 2.45) is 0 Å². The molecule has 0 atom stereocenters. The Morgan fingerprint density at radius 3 is 1.36 bits per heavy atom. The Hall–Kier alpha value is -2.07. The lowest BCUT2D eigenvalue weighted by Gasteiger charge is -2.37. The molecule has 10 nitrogen and oxygen atoms in total. The predicted octanol–water partition coefficient (Wildman–Crippen LogP) is 7.71. The molecular weight excluding hydrogens is 801 g/mol. The molecule has 1 N–H and O–H groups in total. The largest absolute Gasteiger partial charge is 0.427 e. The van der Waals surface area contributed by atoms with E-state index >= 15 is 0 Å². The summed E-state index contributed by atoms with van der Waals surface area (Å²) in [5, 5.41) is 10.6. The van der Waals surface area contributed by atoms with E-state index in [1.165, 1.54) is 0 Å². The van der Waals surface area contributed by atoms with Crippen molar-refractivity contribution in [2.75, 3.05) is 62.3 Å². The summed E-state index contributed by atoms with van der Waals surface area (Å²) >= 11 is 3.42. The molecule has 2 aromatic rings. The van der Waals surface area contributed by atoms with E-state index in [0.717, 1.165) is 34.4 Å². The Kier molecular flexibility index (Phi) is 18.1. The van der Waals surface area contributed by atoms with Crippen molar-refractivity contribution in [3.63, 3.8) is 0 Å². The van der Waals surface area contributed by atoms with Crippen LogP contribution in [0.2, 0.25) is 36.3 Å². The van der Waals surface area contributed by atoms with Crippen LogP contribution in [0.5, 0.6) is 0 Å². The maximum absolute atomic E-state index is 12.9. The van der Waals surface area contributed by atoms with Gasteiger partial charge in [0.1, 0.15) is 0 Å². The minimum Gasteiger partial charge on any atom is -0.427 e. The van der Waals surface area contributed by atoms with Gasteiger partial charge >= 0.3 is 19.5 Å². The third-order valence-corrected chi connectivity index (χ3v) is 21.4. The first-order valence-corrected chi connectivity index (χ1v) is 26.1. The second kappa shape index (κ2) is 20.3. The van der Waals surface area contributed by atoms with Crippen molar-refractivity contribution in [2.45, 2.75) is 117 Å². The average molecular weight is 869 g/mol. The van der Waals surface area contributed by atoms with E-state index in [1.54, 1.807) is 26.2 Å². The normalized spacial score (nSPS) is 15.8. The van der Waals surface area contributed by atoms with Crippen LogP contribution in [0.25, 0.3) is 0 Å². The number of hydrogen-bond donors (Lipinski definition) is 1. The number of anilines is 2. The maximum Gasteiger partial charge on any atom is 0.330 e. The third-order valence-electron chi connectivity index (χ3n) is 11.8. The highest BCUT2D eigenvalue weighted by Gasteiger charge is 2.39. The lowest BCUT2D eigenvalue weighted by Crippen LogP contribution is -2.49. The van der Waals surface area contributed by atoms with E-state index in [-0.39, 0.29) is 22.1 Å². The van der Waals surface area contributed by atoms with E-state index in [9.17, 15) is 14.7 Å². The van der Waals surface area contributed by atoms with Crippen LogP contribution in [0.3, 0.4) is 0 Å². The summed E-state index contributed by atoms with van der Waals surface area (Å²) in [7, 11) is 6.11. The SMILES string of the molecule is CC(C)(C)[Si](C)(C)OCCN1CCN(c2ccc(Br)cc2)C1=O.CC(C)(O)C(C)(C)O[B]c1ccc(N2CCN(CCO[Si](C)(C)C(C)(C)C)C2=O)cc1.[B][B]. The molecule has 0 unspecified atom stereocenters. The summed E-state index contributed by atoms with van der Waals surface area (Å²) in [4.78, 5) is 32.8. The Labute approximate surface area is 352 Å². The molecule has 2 aromatic carbocycles. The fraction of sp³-hybridized carbons (Fsp3) is 0.650. The zero-order chi connectivity index (χ0) is 42.9. The van der Waals surface area contributed by atoms with Gasteiger partial charge in [-0.1, -0.05) is 75.1 Å². The average Bonchev–Trinajstić information content (AvgIpc) is 3.65. The molecule has 307 valence electrons. The number of carbonyl (C=O) groups is 2. The van der Waals surface area contributed by atoms with Crippen LogP contribution < -0.4 is 15.3 Å². The quantitative estimate of drug-likeness (QED) is 0.196. The number of rotatable bonds is 14. The first-order chi connectivity index (χ1) is 25.7. The highest BCUT2D eigenvalue weighted by molar-refractivity contribution is 9.10. The van der Waals surface area contributed by atoms with Gasteiger partial charge < -0.3 is 28.4 Å². The Morgan fingerprint density at radius 1 is 0.661 bits per heavy atom. The number of hydrogen-bond acceptors (Lipinski definition) is 6. The summed E-state index contributed by atoms with van der Waals surface area (Å²) in [6, 6.07) is 15.7. The van der Waals surface area contributed by atoms with Crippen LogP contribution in [0.15, 0.2) is 53.0 Å². The molecule has 4 rings (SSSR count). The lowest BCUT2D eigenvalue weighted by atomic mass is 9.81. The van der Waals surface area contributed by atoms with Crippen molar-refractivity contribution in [1.82, 2.24) is 9.80 Å². The fourth-order valence-corrected chi connectivity index (χ4v) is 7.36. The van der Waals surface area contributed by atoms with Gasteiger partial charge in [-0.2, -0.15) is 0 Å². The Bertz CT molecular complexity index is 1550. The zero-order valence-corrected chi connectivity index (χ0v) is 40.2. The van der Waals surface area contributed by atoms with Gasteiger partial charge in [-0.05, 0) is 100 Å². The summed E-state index contributed by atoms with van der Waals surface area (Å²) < 4.78 is 19.2. The molecule has 2 aliphatic heterocycles. The third kappa shape index (κ3) is 13.8. The molecular formula is C40H67B3BrN4O6Si2. The van der Waals surface area contributed by atoms with Crippen molar-refractivity contribution in [1.29, 1.82) is 0 Å². The van der Waals surface area contributed by atoms with Crippen LogP contribution in [0.1, 0.15) is 69.2 Å². The van der Waals surface area contributed by atoms with Crippen molar-refractivity contribution in [3.05, 3.63) is 53.0 Å². The van der Waals surface area contributed by atoms with Gasteiger partial charge in [0.25, 0.3) is 0 Å². The molecule has 16 heteroatoms. The number of urea groups is 2. The molecule has 0 spiro atoms. The highest BCUT2D eigenvalue weighted by Crippen LogP contribution is 2.37. The molecule has 0 saturated carbocycles. The van der Waals surface area contributed by atoms with Crippen LogP contribution in [-0.2, 0) is 13.5 Å². The summed E-state index contributed by atoms with van der Waals surface area (Å²) in [5.74, 6) is 0. The minimum absolute atomic E-state index is 0.0231. The smallest absolute Gasteiger partial charge is 0.330 e. The molecule has 2 saturated heterocycles. The second-order valence-corrected chi connectivity index (χ2v) is 29.0. The molecule has 0 aliphatic carbocycles. The molecule has 0 bridgehead atoms. The van der Waals surface area contributed by atoms with Crippen molar-refractivity contribution in [3.8, 4) is 0 Å². The highest BCUT2D eigenvalue weighted by atomic mass is 79.9. The Balaban J connectivity index is 0.000000385. The minimum atomic E-state index is -1.80. The fourth-order valence-electron chi connectivity index (χ4n) is 5.03. The number of nitrogens with zero attached hydrogens (tertiary/aromatic N) is 4. The topological polar surface area (TPSA) is 95.0 Å². The maximum atomic E-state index is 12.9. The first-order valence-electron chi connectivity index (χ1n) is 19.5. The van der Waals surface area contributed by atoms with Crippen LogP contribution in [0, 0.1) is 0 Å². The van der Waals surface area contributed by atoms with Crippen LogP contribution >= 0.6 is 15.9 Å². The lowest BCUT2D eigenvalue weighted by molar-refractivity contribution is -0.0893. The van der Waals surface area contributed by atoms with Gasteiger partial charge in [0.15, 0.2) is 16.6 Å². The molecule has 2 heterocycles. The van der Waals surface area contributed by atoms with Gasteiger partial charge in [0.2, 0.25) is 0 Å². The van der Waals surface area contributed by atoms with E-state index in [2.05, 4.69) is 99.1 Å². The molecule has 4 amide bonds. The molecule has 2 fully saturated rings. The summed E-state index contributed by atoms with van der Waals surface area (Å²) in [5.41, 5.74) is 1.02. The van der Waals surface area contributed by atoms with Gasteiger partial charge in [-0.3, -0.25) is 9.80 Å². The number of benzene rings is 2. The number of halogens is 1. The van der Waals surface area contributed by atoms with Crippen LogP contribution in [-0.4, -0.2) is 130 Å². The molecule has 0 aromatic heterocycles. The predicted molar refractivity (Wildman–Crippen MR) is 244 cm³/mol. The molecule has 5 radical (unpaired) electrons. The van der Waals surface area contributed by atoms with Gasteiger partial charge in [0, 0.05) is 70.6 Å². The monoisotopic (exact) mass is 867 g/mol. The number of aliphatic hydroxyl groups is 1. The molecule has 2 aliphatic rings. The van der Waals surface area contributed by atoms with E-state index in [4.69, 9.17) is 13.5 Å². The molecule has 56 heavy (non-hydrogen) atoms. The van der Waals surface area contributed by atoms with Crippen LogP contribution in [0.4, 0.5) is 21.0 Å². The van der Waals surface area contributed by atoms with Gasteiger partial charge in [-0.25, -0.2) is 9.59 Å². The number of carbonyl (C=O) groups excluding carboxylic acids is 2. The van der Waals surface area contributed by atoms with E-state index in [1.807, 2.05) is 77.1 Å². The summed E-state index contributed by atoms with van der Waals surface area (Å²) in [6.45, 7) is 34.8. The van der Waals surface area contributed by atoms with Crippen molar-refractivity contribution < 1.29 is 28.2 Å². The van der Waals surface area contributed by atoms with Gasteiger partial charge in [0.05, 0.1) is 24.4 Å². The first kappa shape index (κ1) is 50.1. The van der Waals surface area contributed by atoms with E-state index < -0.39 is 27.8 Å². The van der Waals surface area contributed by atoms with Gasteiger partial charge in [-0.15, -0.1) is 0 Å². The summed E-state index contributed by atoms with van der Waals surface area (Å²) in [6.07, 6.45) is 0. The number of amides is 4. The van der Waals surface area contributed by atoms with Crippen molar-refractivity contribution >= 4 is 84.4 Å². The van der Waals surface area contributed by atoms with E-state index in [0.29, 0.717) is 39.4 Å². The standard InChI is InChI=1S/C23H40BN2O4Si.C17H27BrN2O2Si.B2/c1-21(2,3)31(8,9)29-17-16-25-14-15-26(20(25)27)19-12-10-18(11-13-19)24-30-23(6,7)22(4,5)28;1-17(2,3)23(4,5)22-13-12-19-10-11-20(16(19)21)15-8-6-14(18)7-9-15;1-2/h10-13,28H,14-17H2,1-9H3;6-9H,10-13H2,1-5H3;. The second-order valence-electron chi connectivity index (χ2n) is 18.4. The Morgan fingerprint density at radius 2 is 1.02 bits per heavy atom. The zero-order valence-electron chi connectivity index (χ0n) is 36.7.